The number of halogens is 1. The maximum Gasteiger partial charge on any atom is 0.347 e. The average molecular weight is 420 g/mol. The molecular weight excluding hydrogens is 394 g/mol. The van der Waals surface area contributed by atoms with Crippen molar-refractivity contribution in [3.05, 3.63) is 51.7 Å². The first-order valence-electron chi connectivity index (χ1n) is 9.65. The zero-order chi connectivity index (χ0) is 19.8. The molecule has 0 bridgehead atoms. The molecule has 1 N–H and O–H groups in total. The lowest BCUT2D eigenvalue weighted by Crippen LogP contribution is -2.34. The van der Waals surface area contributed by atoms with Gasteiger partial charge in [-0.15, -0.1) is 12.4 Å². The second-order valence-corrected chi connectivity index (χ2v) is 7.38. The number of benzene rings is 1. The highest BCUT2D eigenvalue weighted by atomic mass is 35.5. The Morgan fingerprint density at radius 2 is 2.07 bits per heavy atom. The molecule has 1 aliphatic carbocycles. The first-order chi connectivity index (χ1) is 13.5. The minimum atomic E-state index is -0.317. The van der Waals surface area contributed by atoms with Gasteiger partial charge < -0.3 is 19.1 Å². The summed E-state index contributed by atoms with van der Waals surface area (Å²) in [5.41, 5.74) is 3.34. The maximum atomic E-state index is 11.7. The van der Waals surface area contributed by atoms with E-state index in [1.807, 2.05) is 19.1 Å². The molecule has 1 aromatic heterocycles. The molecule has 0 saturated heterocycles. The van der Waals surface area contributed by atoms with Gasteiger partial charge in [-0.25, -0.2) is 9.78 Å². The molecule has 3 atom stereocenters. The smallest absolute Gasteiger partial charge is 0.347 e. The number of fused-ring (bicyclic) bond motifs is 3. The molecule has 0 spiro atoms. The molecule has 1 saturated carbocycles. The molecule has 29 heavy (non-hydrogen) atoms. The number of nitrogens with zero attached hydrogens (tertiary/aromatic N) is 3. The van der Waals surface area contributed by atoms with Crippen LogP contribution in [0.15, 0.2) is 34.3 Å². The van der Waals surface area contributed by atoms with Gasteiger partial charge in [-0.2, -0.15) is 0 Å². The number of rotatable bonds is 4. The van der Waals surface area contributed by atoms with Crippen LogP contribution >= 0.6 is 12.4 Å². The molecule has 0 radical (unpaired) electrons. The largest absolute Gasteiger partial charge is 0.493 e. The molecule has 1 aliphatic heterocycles. The lowest BCUT2D eigenvalue weighted by molar-refractivity contribution is 0.111. The molecule has 0 amide bonds. The molecule has 7 nitrogen and oxygen atoms in total. The van der Waals surface area contributed by atoms with Crippen molar-refractivity contribution in [1.29, 1.82) is 0 Å². The summed E-state index contributed by atoms with van der Waals surface area (Å²) in [6.07, 6.45) is 5.27. The van der Waals surface area contributed by atoms with Gasteiger partial charge in [0.1, 0.15) is 0 Å². The number of aromatic nitrogens is 2. The molecule has 8 heteroatoms. The number of hydrogen-bond acceptors (Lipinski definition) is 6. The summed E-state index contributed by atoms with van der Waals surface area (Å²) >= 11 is 0. The summed E-state index contributed by atoms with van der Waals surface area (Å²) in [7, 11) is 3.30. The number of aliphatic imine (C=N–C) groups is 1. The van der Waals surface area contributed by atoms with E-state index in [-0.39, 0.29) is 36.2 Å². The van der Waals surface area contributed by atoms with E-state index >= 15 is 0 Å². The van der Waals surface area contributed by atoms with Crippen LogP contribution in [0.25, 0.3) is 0 Å². The standard InChI is InChI=1S/C21H25N3O4.ClH/c1-4-28-19-8-14-15-7-13(25)5-6-17(15)23-20(16(14)9-18(19)27-3)12-10-22-21(26)24(2)11-12;/h8-11,13,15,17,25H,4-7H2,1-3H3;1H/t13-,15-,17-;/m1./s1. The number of aryl methyl sites for hydroxylation is 1. The van der Waals surface area contributed by atoms with Crippen LogP contribution in [-0.2, 0) is 7.05 Å². The van der Waals surface area contributed by atoms with Crippen molar-refractivity contribution in [1.82, 2.24) is 9.55 Å². The molecule has 1 fully saturated rings. The van der Waals surface area contributed by atoms with Crippen LogP contribution < -0.4 is 15.2 Å². The third kappa shape index (κ3) is 3.89. The molecule has 0 unspecified atom stereocenters. The van der Waals surface area contributed by atoms with Crippen molar-refractivity contribution in [2.24, 2.45) is 12.0 Å². The number of hydrogen-bond donors (Lipinski definition) is 1. The minimum Gasteiger partial charge on any atom is -0.493 e. The van der Waals surface area contributed by atoms with E-state index in [9.17, 15) is 9.90 Å². The van der Waals surface area contributed by atoms with Gasteiger partial charge in [-0.3, -0.25) is 4.99 Å². The second kappa shape index (κ2) is 8.55. The van der Waals surface area contributed by atoms with Crippen molar-refractivity contribution < 1.29 is 14.6 Å². The van der Waals surface area contributed by atoms with Gasteiger partial charge in [-0.05, 0) is 43.9 Å². The van der Waals surface area contributed by atoms with Gasteiger partial charge in [0.15, 0.2) is 11.5 Å². The van der Waals surface area contributed by atoms with E-state index in [2.05, 4.69) is 4.98 Å². The molecule has 2 aromatic rings. The van der Waals surface area contributed by atoms with Gasteiger partial charge in [-0.1, -0.05) is 0 Å². The summed E-state index contributed by atoms with van der Waals surface area (Å²) in [5.74, 6) is 1.47. The molecular formula is C21H26ClN3O4. The van der Waals surface area contributed by atoms with Crippen LogP contribution in [0.4, 0.5) is 0 Å². The van der Waals surface area contributed by atoms with E-state index in [0.29, 0.717) is 24.5 Å². The molecule has 2 heterocycles. The monoisotopic (exact) mass is 419 g/mol. The topological polar surface area (TPSA) is 85.9 Å². The van der Waals surface area contributed by atoms with Crippen molar-refractivity contribution in [3.8, 4) is 11.5 Å². The van der Waals surface area contributed by atoms with Gasteiger partial charge in [0, 0.05) is 36.5 Å². The van der Waals surface area contributed by atoms with E-state index in [0.717, 1.165) is 35.2 Å². The summed E-state index contributed by atoms with van der Waals surface area (Å²) in [4.78, 5) is 20.7. The highest BCUT2D eigenvalue weighted by Gasteiger charge is 2.37. The number of methoxy groups -OCH3 is 1. The Hall–Kier alpha value is -2.38. The van der Waals surface area contributed by atoms with Crippen LogP contribution in [0, 0.1) is 0 Å². The third-order valence-electron chi connectivity index (χ3n) is 5.59. The Balaban J connectivity index is 0.00000240. The number of aliphatic hydroxyl groups excluding tert-OH is 1. The van der Waals surface area contributed by atoms with Gasteiger partial charge >= 0.3 is 5.69 Å². The van der Waals surface area contributed by atoms with Crippen LogP contribution in [0.1, 0.15) is 48.8 Å². The van der Waals surface area contributed by atoms with Gasteiger partial charge in [0.25, 0.3) is 0 Å². The highest BCUT2D eigenvalue weighted by molar-refractivity contribution is 6.14. The van der Waals surface area contributed by atoms with Crippen LogP contribution in [0.5, 0.6) is 11.5 Å². The third-order valence-corrected chi connectivity index (χ3v) is 5.59. The Labute approximate surface area is 175 Å². The van der Waals surface area contributed by atoms with E-state index in [1.54, 1.807) is 26.6 Å². The summed E-state index contributed by atoms with van der Waals surface area (Å²) in [6.45, 7) is 2.48. The zero-order valence-electron chi connectivity index (χ0n) is 16.8. The minimum absolute atomic E-state index is 0. The van der Waals surface area contributed by atoms with E-state index in [4.69, 9.17) is 14.5 Å². The highest BCUT2D eigenvalue weighted by Crippen LogP contribution is 2.44. The van der Waals surface area contributed by atoms with Crippen molar-refractivity contribution >= 4 is 18.1 Å². The maximum absolute atomic E-state index is 11.7. The second-order valence-electron chi connectivity index (χ2n) is 7.38. The lowest BCUT2D eigenvalue weighted by Gasteiger charge is -2.37. The summed E-state index contributed by atoms with van der Waals surface area (Å²) < 4.78 is 12.8. The lowest BCUT2D eigenvalue weighted by atomic mass is 9.74. The summed E-state index contributed by atoms with van der Waals surface area (Å²) in [5, 5.41) is 10.2. The quantitative estimate of drug-likeness (QED) is 0.822. The number of aliphatic hydroxyl groups is 1. The molecule has 4 rings (SSSR count). The zero-order valence-corrected chi connectivity index (χ0v) is 17.6. The summed E-state index contributed by atoms with van der Waals surface area (Å²) in [6, 6.07) is 4.06. The fraction of sp³-hybridized carbons (Fsp3) is 0.476. The van der Waals surface area contributed by atoms with Gasteiger partial charge in [0.2, 0.25) is 0 Å². The molecule has 156 valence electrons. The van der Waals surface area contributed by atoms with Crippen LogP contribution in [0.2, 0.25) is 0 Å². The van der Waals surface area contributed by atoms with Crippen LogP contribution in [-0.4, -0.2) is 46.2 Å². The van der Waals surface area contributed by atoms with Crippen molar-refractivity contribution in [2.75, 3.05) is 13.7 Å². The predicted molar refractivity (Wildman–Crippen MR) is 113 cm³/mol. The van der Waals surface area contributed by atoms with Gasteiger partial charge in [0.05, 0.1) is 31.6 Å². The Morgan fingerprint density at radius 3 is 2.76 bits per heavy atom. The van der Waals surface area contributed by atoms with Crippen molar-refractivity contribution in [3.63, 3.8) is 0 Å². The van der Waals surface area contributed by atoms with E-state index < -0.39 is 0 Å². The normalized spacial score (nSPS) is 22.6. The fourth-order valence-corrected chi connectivity index (χ4v) is 4.24. The fourth-order valence-electron chi connectivity index (χ4n) is 4.24. The predicted octanol–water partition coefficient (Wildman–Crippen LogP) is 2.46. The Kier molecular flexibility index (Phi) is 6.29. The Bertz CT molecular complexity index is 988. The average Bonchev–Trinajstić information content (AvgIpc) is 2.69. The molecule has 2 aliphatic rings. The Morgan fingerprint density at radius 1 is 1.28 bits per heavy atom. The van der Waals surface area contributed by atoms with Crippen molar-refractivity contribution in [2.45, 2.75) is 44.2 Å². The first-order valence-corrected chi connectivity index (χ1v) is 9.65. The molecule has 1 aromatic carbocycles. The van der Waals surface area contributed by atoms with E-state index in [1.165, 1.54) is 4.57 Å². The van der Waals surface area contributed by atoms with Crippen LogP contribution in [0.3, 0.4) is 0 Å². The first kappa shape index (κ1) is 21.3. The SMILES string of the molecule is CCOc1cc2c(cc1OC)C(c1cnc(=O)n(C)c1)=N[C@@H]1CC[C@@H](O)C[C@H]21.Cl. The number of ether oxygens (including phenoxy) is 2.